The third kappa shape index (κ3) is 3.17. The van der Waals surface area contributed by atoms with Crippen LogP contribution in [-0.4, -0.2) is 15.0 Å². The molecule has 0 aliphatic heterocycles. The maximum absolute atomic E-state index is 4.11. The molecule has 0 spiro atoms. The van der Waals surface area contributed by atoms with Gasteiger partial charge >= 0.3 is 0 Å². The summed E-state index contributed by atoms with van der Waals surface area (Å²) in [5.74, 6) is 1.21. The lowest BCUT2D eigenvalue weighted by molar-refractivity contribution is 0.478. The maximum Gasteiger partial charge on any atom is 0.0852 e. The Morgan fingerprint density at radius 1 is 1.31 bits per heavy atom. The lowest BCUT2D eigenvalue weighted by Gasteiger charge is -2.02. The van der Waals surface area contributed by atoms with E-state index in [4.69, 9.17) is 0 Å². The second-order valence-electron chi connectivity index (χ2n) is 4.24. The lowest BCUT2D eigenvalue weighted by atomic mass is 10.1. The molecule has 13 heavy (non-hydrogen) atoms. The summed E-state index contributed by atoms with van der Waals surface area (Å²) >= 11 is 0. The fourth-order valence-electron chi connectivity index (χ4n) is 1.08. The van der Waals surface area contributed by atoms with Crippen molar-refractivity contribution >= 4 is 0 Å². The van der Waals surface area contributed by atoms with E-state index in [0.717, 1.165) is 18.2 Å². The van der Waals surface area contributed by atoms with Crippen LogP contribution >= 0.6 is 0 Å². The fourth-order valence-corrected chi connectivity index (χ4v) is 1.08. The van der Waals surface area contributed by atoms with Gasteiger partial charge in [-0.3, -0.25) is 4.68 Å². The molecular weight excluding hydrogens is 162 g/mol. The van der Waals surface area contributed by atoms with Crippen LogP contribution in [0.15, 0.2) is 6.20 Å². The van der Waals surface area contributed by atoms with Crippen LogP contribution in [0.2, 0.25) is 0 Å². The molecule has 0 amide bonds. The van der Waals surface area contributed by atoms with Crippen LogP contribution in [0.5, 0.6) is 0 Å². The lowest BCUT2D eigenvalue weighted by Crippen LogP contribution is -2.01. The van der Waals surface area contributed by atoms with Crippen molar-refractivity contribution in [1.29, 1.82) is 0 Å². The van der Waals surface area contributed by atoms with Crippen molar-refractivity contribution in [1.82, 2.24) is 15.0 Å². The highest BCUT2D eigenvalue weighted by molar-refractivity contribution is 4.97. The first-order chi connectivity index (χ1) is 6.09. The molecular formula is C10H19N3. The van der Waals surface area contributed by atoms with Crippen molar-refractivity contribution in [2.45, 2.75) is 46.6 Å². The Balaban J connectivity index is 2.49. The molecule has 0 N–H and O–H groups in total. The summed E-state index contributed by atoms with van der Waals surface area (Å²) in [6.07, 6.45) is 3.22. The zero-order valence-electron chi connectivity index (χ0n) is 8.99. The van der Waals surface area contributed by atoms with Crippen LogP contribution in [0.3, 0.4) is 0 Å². The van der Waals surface area contributed by atoms with Crippen molar-refractivity contribution in [3.63, 3.8) is 0 Å². The average molecular weight is 181 g/mol. The van der Waals surface area contributed by atoms with Crippen LogP contribution < -0.4 is 0 Å². The van der Waals surface area contributed by atoms with Gasteiger partial charge in [0.05, 0.1) is 5.69 Å². The molecule has 0 bridgehead atoms. The Kier molecular flexibility index (Phi) is 3.46. The Hall–Kier alpha value is -0.860. The second kappa shape index (κ2) is 4.40. The highest BCUT2D eigenvalue weighted by Gasteiger charge is 2.04. The molecule has 74 valence electrons. The van der Waals surface area contributed by atoms with Gasteiger partial charge in [-0.05, 0) is 18.3 Å². The molecule has 1 rings (SSSR count). The number of nitrogens with zero attached hydrogens (tertiary/aromatic N) is 3. The Bertz CT molecular complexity index is 250. The van der Waals surface area contributed by atoms with Gasteiger partial charge in [-0.2, -0.15) is 0 Å². The largest absolute Gasteiger partial charge is 0.252 e. The molecule has 0 saturated carbocycles. The monoisotopic (exact) mass is 181 g/mol. The Morgan fingerprint density at radius 3 is 2.46 bits per heavy atom. The molecule has 1 aromatic rings. The molecule has 0 unspecified atom stereocenters. The van der Waals surface area contributed by atoms with Crippen molar-refractivity contribution in [2.75, 3.05) is 0 Å². The molecule has 0 aliphatic rings. The summed E-state index contributed by atoms with van der Waals surface area (Å²) in [6, 6.07) is 0. The molecule has 1 aromatic heterocycles. The number of rotatable bonds is 4. The van der Waals surface area contributed by atoms with Gasteiger partial charge in [0.25, 0.3) is 0 Å². The van der Waals surface area contributed by atoms with Gasteiger partial charge in [0.15, 0.2) is 0 Å². The van der Waals surface area contributed by atoms with Crippen LogP contribution in [0.1, 0.15) is 45.7 Å². The molecule has 3 heteroatoms. The highest BCUT2D eigenvalue weighted by atomic mass is 15.4. The number of hydrogen-bond acceptors (Lipinski definition) is 2. The van der Waals surface area contributed by atoms with Gasteiger partial charge in [0, 0.05) is 12.7 Å². The zero-order valence-corrected chi connectivity index (χ0v) is 8.99. The Morgan fingerprint density at radius 2 is 2.00 bits per heavy atom. The molecule has 0 aromatic carbocycles. The van der Waals surface area contributed by atoms with Gasteiger partial charge in [0.1, 0.15) is 0 Å². The van der Waals surface area contributed by atoms with Crippen molar-refractivity contribution in [2.24, 2.45) is 5.92 Å². The van der Waals surface area contributed by atoms with Crippen LogP contribution in [0.4, 0.5) is 0 Å². The standard InChI is InChI=1S/C10H19N3/c1-8(2)5-6-13-7-10(9(3)4)11-12-13/h7-9H,5-6H2,1-4H3. The van der Waals surface area contributed by atoms with E-state index in [2.05, 4.69) is 38.0 Å². The quantitative estimate of drug-likeness (QED) is 0.714. The molecule has 0 aliphatic carbocycles. The summed E-state index contributed by atoms with van der Waals surface area (Å²) in [5, 5.41) is 8.18. The van der Waals surface area contributed by atoms with E-state index in [1.165, 1.54) is 6.42 Å². The topological polar surface area (TPSA) is 30.7 Å². The van der Waals surface area contributed by atoms with Crippen LogP contribution in [0, 0.1) is 5.92 Å². The first-order valence-corrected chi connectivity index (χ1v) is 4.99. The molecule has 3 nitrogen and oxygen atoms in total. The first-order valence-electron chi connectivity index (χ1n) is 4.99. The summed E-state index contributed by atoms with van der Waals surface area (Å²) in [5.41, 5.74) is 1.09. The summed E-state index contributed by atoms with van der Waals surface area (Å²) in [7, 11) is 0. The van der Waals surface area contributed by atoms with E-state index in [9.17, 15) is 0 Å². The van der Waals surface area contributed by atoms with E-state index in [1.54, 1.807) is 0 Å². The minimum absolute atomic E-state index is 0.479. The van der Waals surface area contributed by atoms with Gasteiger partial charge in [0.2, 0.25) is 0 Å². The van der Waals surface area contributed by atoms with Crippen molar-refractivity contribution < 1.29 is 0 Å². The molecule has 0 fully saturated rings. The first kappa shape index (κ1) is 10.2. The van der Waals surface area contributed by atoms with E-state index in [0.29, 0.717) is 5.92 Å². The third-order valence-corrected chi connectivity index (χ3v) is 2.08. The van der Waals surface area contributed by atoms with Gasteiger partial charge < -0.3 is 0 Å². The van der Waals surface area contributed by atoms with E-state index >= 15 is 0 Å². The number of aryl methyl sites for hydroxylation is 1. The second-order valence-corrected chi connectivity index (χ2v) is 4.24. The zero-order chi connectivity index (χ0) is 9.84. The van der Waals surface area contributed by atoms with Crippen LogP contribution in [-0.2, 0) is 6.54 Å². The summed E-state index contributed by atoms with van der Waals surface area (Å²) in [4.78, 5) is 0. The smallest absolute Gasteiger partial charge is 0.0852 e. The van der Waals surface area contributed by atoms with Gasteiger partial charge in [-0.25, -0.2) is 0 Å². The molecule has 1 heterocycles. The number of aromatic nitrogens is 3. The third-order valence-electron chi connectivity index (χ3n) is 2.08. The minimum atomic E-state index is 0.479. The molecule has 0 radical (unpaired) electrons. The highest BCUT2D eigenvalue weighted by Crippen LogP contribution is 2.10. The van der Waals surface area contributed by atoms with E-state index < -0.39 is 0 Å². The van der Waals surface area contributed by atoms with E-state index in [-0.39, 0.29) is 0 Å². The van der Waals surface area contributed by atoms with Gasteiger partial charge in [-0.1, -0.05) is 32.9 Å². The summed E-state index contributed by atoms with van der Waals surface area (Å²) in [6.45, 7) is 9.70. The van der Waals surface area contributed by atoms with Crippen LogP contribution in [0.25, 0.3) is 0 Å². The fraction of sp³-hybridized carbons (Fsp3) is 0.800. The summed E-state index contributed by atoms with van der Waals surface area (Å²) < 4.78 is 1.94. The van der Waals surface area contributed by atoms with Gasteiger partial charge in [-0.15, -0.1) is 5.10 Å². The number of hydrogen-bond donors (Lipinski definition) is 0. The van der Waals surface area contributed by atoms with Crippen molar-refractivity contribution in [3.8, 4) is 0 Å². The normalized spacial score (nSPS) is 11.5. The van der Waals surface area contributed by atoms with Crippen molar-refractivity contribution in [3.05, 3.63) is 11.9 Å². The Labute approximate surface area is 80.1 Å². The predicted molar refractivity (Wildman–Crippen MR) is 53.6 cm³/mol. The van der Waals surface area contributed by atoms with E-state index in [1.807, 2.05) is 10.9 Å². The molecule has 0 atom stereocenters. The minimum Gasteiger partial charge on any atom is -0.252 e. The maximum atomic E-state index is 4.11. The SMILES string of the molecule is CC(C)CCn1cc(C(C)C)nn1. The predicted octanol–water partition coefficient (Wildman–Crippen LogP) is 2.45. The average Bonchev–Trinajstić information content (AvgIpc) is 2.48. The molecule has 0 saturated heterocycles.